The second-order valence-corrected chi connectivity index (χ2v) is 3.45. The first kappa shape index (κ1) is 13.2. The van der Waals surface area contributed by atoms with E-state index in [0.29, 0.717) is 6.08 Å². The van der Waals surface area contributed by atoms with Crippen LogP contribution in [0, 0.1) is 0 Å². The molecule has 0 unspecified atom stereocenters. The number of halogens is 5. The molecule has 11 heteroatoms. The molecule has 0 saturated carbocycles. The monoisotopic (exact) mass is 284 g/mol. The summed E-state index contributed by atoms with van der Waals surface area (Å²) in [6.07, 6.45) is -5.30. The van der Waals surface area contributed by atoms with Crippen molar-refractivity contribution in [3.8, 4) is 0 Å². The highest BCUT2D eigenvalue weighted by Gasteiger charge is 2.60. The molecule has 1 aliphatic heterocycles. The molecule has 0 saturated heterocycles. The maximum absolute atomic E-state index is 13.1. The molecule has 6 nitrogen and oxygen atoms in total. The van der Waals surface area contributed by atoms with Crippen LogP contribution in [0.15, 0.2) is 26.1 Å². The van der Waals surface area contributed by atoms with Gasteiger partial charge in [-0.3, -0.25) is 14.5 Å². The van der Waals surface area contributed by atoms with Crippen molar-refractivity contribution in [3.05, 3.63) is 28.1 Å². The Labute approximate surface area is 101 Å². The van der Waals surface area contributed by atoms with Crippen molar-refractivity contribution in [2.24, 2.45) is 4.99 Å². The first-order chi connectivity index (χ1) is 8.72. The van der Waals surface area contributed by atoms with Gasteiger partial charge >= 0.3 is 17.9 Å². The number of nitrogens with zero attached hydrogens (tertiary/aromatic N) is 2. The highest BCUT2D eigenvalue weighted by molar-refractivity contribution is 6.06. The lowest BCUT2D eigenvalue weighted by Crippen LogP contribution is -2.44. The molecule has 1 aromatic rings. The van der Waals surface area contributed by atoms with Gasteiger partial charge in [0.1, 0.15) is 12.4 Å². The van der Waals surface area contributed by atoms with E-state index in [4.69, 9.17) is 0 Å². The highest BCUT2D eigenvalue weighted by Crippen LogP contribution is 2.40. The number of allylic oxidation sites excluding steroid dienone is 2. The van der Waals surface area contributed by atoms with E-state index < -0.39 is 30.2 Å². The maximum Gasteiger partial charge on any atom is 0.459 e. The Hall–Kier alpha value is -2.20. The average Bonchev–Trinajstić information content (AvgIpc) is 2.75. The topological polar surface area (TPSA) is 83.3 Å². The van der Waals surface area contributed by atoms with Gasteiger partial charge in [-0.25, -0.2) is 4.79 Å². The maximum atomic E-state index is 13.1. The normalized spacial score (nSPS) is 16.7. The molecule has 0 radical (unpaired) electrons. The fraction of sp³-hybridized carbons (Fsp3) is 0.375. The van der Waals surface area contributed by atoms with E-state index in [2.05, 4.69) is 14.7 Å². The van der Waals surface area contributed by atoms with Crippen LogP contribution in [0.1, 0.15) is 5.82 Å². The number of H-pyrrole nitrogens is 1. The van der Waals surface area contributed by atoms with Gasteiger partial charge in [-0.05, 0) is 6.08 Å². The third kappa shape index (κ3) is 2.35. The van der Waals surface area contributed by atoms with Gasteiger partial charge < -0.3 is 5.32 Å². The minimum absolute atomic E-state index is 0.332. The van der Waals surface area contributed by atoms with Crippen LogP contribution in [-0.2, 0) is 0 Å². The number of hydrogen-bond donors (Lipinski definition) is 2. The molecule has 0 aromatic carbocycles. The third-order valence-corrected chi connectivity index (χ3v) is 2.18. The molecular formula is C8H5F5N4O2. The van der Waals surface area contributed by atoms with Gasteiger partial charge in [-0.1, -0.05) is 5.16 Å². The Balaban J connectivity index is 2.37. The minimum Gasteiger partial charge on any atom is -0.364 e. The lowest BCUT2D eigenvalue weighted by Gasteiger charge is -2.25. The number of aliphatic imine (C=N–C) groups is 1. The standard InChI is InChI=1S/C8H5F5N4O2/c9-7(10,8(11,12)13)4-1-3(14-2-15-4)5-16-6(18)19-17-5/h1,15H,2H2,(H,16,17,18). The summed E-state index contributed by atoms with van der Waals surface area (Å²) >= 11 is 0. The van der Waals surface area contributed by atoms with Crippen LogP contribution in [0.4, 0.5) is 22.0 Å². The zero-order chi connectivity index (χ0) is 14.3. The Morgan fingerprint density at radius 1 is 1.26 bits per heavy atom. The fourth-order valence-electron chi connectivity index (χ4n) is 1.28. The van der Waals surface area contributed by atoms with Gasteiger partial charge in [0.05, 0.1) is 5.70 Å². The van der Waals surface area contributed by atoms with E-state index in [1.165, 1.54) is 0 Å². The third-order valence-electron chi connectivity index (χ3n) is 2.18. The van der Waals surface area contributed by atoms with Gasteiger partial charge in [0.2, 0.25) is 5.82 Å². The second kappa shape index (κ2) is 4.17. The van der Waals surface area contributed by atoms with E-state index in [1.54, 1.807) is 0 Å². The molecule has 0 aliphatic carbocycles. The highest BCUT2D eigenvalue weighted by atomic mass is 19.4. The molecule has 0 atom stereocenters. The molecule has 2 rings (SSSR count). The predicted octanol–water partition coefficient (Wildman–Crippen LogP) is 0.794. The van der Waals surface area contributed by atoms with Crippen molar-refractivity contribution in [3.63, 3.8) is 0 Å². The van der Waals surface area contributed by atoms with Crippen molar-refractivity contribution in [2.75, 3.05) is 6.67 Å². The molecule has 1 aliphatic rings. The first-order valence-corrected chi connectivity index (χ1v) is 4.73. The summed E-state index contributed by atoms with van der Waals surface area (Å²) < 4.78 is 66.8. The number of hydrogen-bond acceptors (Lipinski definition) is 5. The zero-order valence-electron chi connectivity index (χ0n) is 8.89. The largest absolute Gasteiger partial charge is 0.459 e. The lowest BCUT2D eigenvalue weighted by atomic mass is 10.1. The molecule has 0 amide bonds. The summed E-state index contributed by atoms with van der Waals surface area (Å²) in [4.78, 5) is 16.3. The van der Waals surface area contributed by atoms with Crippen molar-refractivity contribution < 1.29 is 26.5 Å². The van der Waals surface area contributed by atoms with Crippen LogP contribution in [0.25, 0.3) is 0 Å². The van der Waals surface area contributed by atoms with E-state index in [1.807, 2.05) is 10.3 Å². The van der Waals surface area contributed by atoms with E-state index in [-0.39, 0.29) is 11.5 Å². The average molecular weight is 284 g/mol. The Kier molecular flexibility index (Phi) is 2.91. The lowest BCUT2D eigenvalue weighted by molar-refractivity contribution is -0.266. The molecule has 0 spiro atoms. The summed E-state index contributed by atoms with van der Waals surface area (Å²) in [5.74, 6) is -6.37. The molecule has 0 bridgehead atoms. The number of aromatic amines is 1. The molecule has 2 heterocycles. The van der Waals surface area contributed by atoms with E-state index in [0.717, 1.165) is 0 Å². The van der Waals surface area contributed by atoms with Crippen LogP contribution < -0.4 is 11.1 Å². The van der Waals surface area contributed by atoms with Gasteiger partial charge in [-0.15, -0.1) is 0 Å². The van der Waals surface area contributed by atoms with Crippen molar-refractivity contribution >= 4 is 5.71 Å². The van der Waals surface area contributed by atoms with Crippen molar-refractivity contribution in [2.45, 2.75) is 12.1 Å². The Bertz CT molecular complexity index is 597. The molecular weight excluding hydrogens is 279 g/mol. The van der Waals surface area contributed by atoms with Crippen molar-refractivity contribution in [1.29, 1.82) is 0 Å². The molecule has 2 N–H and O–H groups in total. The van der Waals surface area contributed by atoms with Crippen molar-refractivity contribution in [1.82, 2.24) is 15.5 Å². The summed E-state index contributed by atoms with van der Waals surface area (Å²) in [6.45, 7) is -0.512. The van der Waals surface area contributed by atoms with Crippen LogP contribution in [0.3, 0.4) is 0 Å². The van der Waals surface area contributed by atoms with E-state index >= 15 is 0 Å². The zero-order valence-corrected chi connectivity index (χ0v) is 8.89. The Morgan fingerprint density at radius 2 is 1.95 bits per heavy atom. The molecule has 1 aromatic heterocycles. The number of rotatable bonds is 2. The predicted molar refractivity (Wildman–Crippen MR) is 50.7 cm³/mol. The number of alkyl halides is 5. The Morgan fingerprint density at radius 3 is 2.47 bits per heavy atom. The smallest absolute Gasteiger partial charge is 0.364 e. The molecule has 19 heavy (non-hydrogen) atoms. The quantitative estimate of drug-likeness (QED) is 0.787. The van der Waals surface area contributed by atoms with Gasteiger partial charge in [0, 0.05) is 0 Å². The number of nitrogens with one attached hydrogen (secondary N) is 2. The van der Waals surface area contributed by atoms with Crippen LogP contribution in [-0.4, -0.2) is 34.6 Å². The summed E-state index contributed by atoms with van der Waals surface area (Å²) in [6, 6.07) is 0. The van der Waals surface area contributed by atoms with Crippen LogP contribution in [0.5, 0.6) is 0 Å². The SMILES string of the molecule is O=c1[nH]c(C2=NCNC(C(F)(F)C(F)(F)F)=C2)no1. The van der Waals surface area contributed by atoms with Crippen LogP contribution >= 0.6 is 0 Å². The molecule has 0 fully saturated rings. The van der Waals surface area contributed by atoms with Gasteiger partial charge in [0.25, 0.3) is 0 Å². The van der Waals surface area contributed by atoms with E-state index in [9.17, 15) is 26.7 Å². The summed E-state index contributed by atoms with van der Waals surface area (Å²) in [5.41, 5.74) is -1.72. The first-order valence-electron chi connectivity index (χ1n) is 4.73. The molecule has 104 valence electrons. The van der Waals surface area contributed by atoms with Gasteiger partial charge in [0.15, 0.2) is 0 Å². The second-order valence-electron chi connectivity index (χ2n) is 3.45. The minimum atomic E-state index is -5.74. The number of aromatic nitrogens is 2. The summed E-state index contributed by atoms with van der Waals surface area (Å²) in [5, 5.41) is 4.97. The fourth-order valence-corrected chi connectivity index (χ4v) is 1.28. The van der Waals surface area contributed by atoms with Gasteiger partial charge in [-0.2, -0.15) is 22.0 Å². The summed E-state index contributed by atoms with van der Waals surface area (Å²) in [7, 11) is 0. The van der Waals surface area contributed by atoms with Crippen LogP contribution in [0.2, 0.25) is 0 Å².